The van der Waals surface area contributed by atoms with Crippen molar-refractivity contribution in [2.45, 2.75) is 32.5 Å². The average Bonchev–Trinajstić information content (AvgIpc) is 3.64. The minimum atomic E-state index is -0.653. The van der Waals surface area contributed by atoms with E-state index in [-0.39, 0.29) is 11.3 Å². The van der Waals surface area contributed by atoms with Crippen LogP contribution < -0.4 is 5.32 Å². The number of benzene rings is 1. The van der Waals surface area contributed by atoms with Gasteiger partial charge in [0, 0.05) is 79.4 Å². The Kier molecular flexibility index (Phi) is 6.27. The Balaban J connectivity index is 1.04. The Bertz CT molecular complexity index is 1500. The lowest BCUT2D eigenvalue weighted by molar-refractivity contribution is -0.120. The van der Waals surface area contributed by atoms with Gasteiger partial charge >= 0.3 is 0 Å². The van der Waals surface area contributed by atoms with Gasteiger partial charge in [-0.3, -0.25) is 14.7 Å². The van der Waals surface area contributed by atoms with E-state index in [2.05, 4.69) is 37.2 Å². The predicted octanol–water partition coefficient (Wildman–Crippen LogP) is 2.76. The predicted molar refractivity (Wildman–Crippen MR) is 139 cm³/mol. The molecule has 1 atom stereocenters. The van der Waals surface area contributed by atoms with Crippen LogP contribution in [0.25, 0.3) is 11.3 Å². The van der Waals surface area contributed by atoms with Crippen LogP contribution in [-0.4, -0.2) is 55.2 Å². The molecule has 2 aliphatic rings. The van der Waals surface area contributed by atoms with Crippen LogP contribution in [0.5, 0.6) is 0 Å². The first kappa shape index (κ1) is 24.1. The van der Waals surface area contributed by atoms with Crippen LogP contribution in [-0.2, 0) is 17.9 Å². The van der Waals surface area contributed by atoms with Crippen molar-refractivity contribution in [2.24, 2.45) is 5.41 Å². The number of carbonyl (C=O) groups excluding carboxylic acids is 1. The van der Waals surface area contributed by atoms with E-state index in [0.29, 0.717) is 24.6 Å². The van der Waals surface area contributed by atoms with Gasteiger partial charge in [0.25, 0.3) is 0 Å². The van der Waals surface area contributed by atoms with Gasteiger partial charge in [-0.25, -0.2) is 4.98 Å². The van der Waals surface area contributed by atoms with Crippen molar-refractivity contribution in [2.75, 3.05) is 19.6 Å². The third-order valence-corrected chi connectivity index (χ3v) is 7.06. The van der Waals surface area contributed by atoms with Crippen molar-refractivity contribution in [3.05, 3.63) is 89.4 Å². The SMILES string of the molecule is C[C@H](O)c1nccn1Cc1cc(-c2ccc(C#Cc3ccc(CN4CC5(CNC(=O)C5)C4)nc3)cc2)on1. The molecule has 4 aromatic rings. The van der Waals surface area contributed by atoms with Gasteiger partial charge in [0.1, 0.15) is 17.6 Å². The summed E-state index contributed by atoms with van der Waals surface area (Å²) in [5.41, 5.74) is 4.56. The fraction of sp³-hybridized carbons (Fsp3) is 0.310. The van der Waals surface area contributed by atoms with Gasteiger partial charge < -0.3 is 19.5 Å². The van der Waals surface area contributed by atoms with Gasteiger partial charge in [-0.05, 0) is 43.3 Å². The maximum absolute atomic E-state index is 11.5. The second kappa shape index (κ2) is 9.89. The van der Waals surface area contributed by atoms with E-state index in [1.807, 2.05) is 59.4 Å². The van der Waals surface area contributed by atoms with Crippen LogP contribution >= 0.6 is 0 Å². The van der Waals surface area contributed by atoms with E-state index in [4.69, 9.17) is 4.52 Å². The lowest BCUT2D eigenvalue weighted by Gasteiger charge is -2.46. The third kappa shape index (κ3) is 5.09. The number of carbonyl (C=O) groups is 1. The smallest absolute Gasteiger partial charge is 0.220 e. The molecule has 1 amide bonds. The molecule has 192 valence electrons. The highest BCUT2D eigenvalue weighted by Gasteiger charge is 2.47. The molecule has 0 aliphatic carbocycles. The summed E-state index contributed by atoms with van der Waals surface area (Å²) in [6.45, 7) is 5.62. The highest BCUT2D eigenvalue weighted by atomic mass is 16.5. The number of aromatic nitrogens is 4. The number of amides is 1. The number of rotatable bonds is 6. The Hall–Kier alpha value is -4.26. The number of pyridine rings is 1. The van der Waals surface area contributed by atoms with E-state index < -0.39 is 6.10 Å². The van der Waals surface area contributed by atoms with Gasteiger partial charge in [-0.15, -0.1) is 0 Å². The molecule has 3 aromatic heterocycles. The van der Waals surface area contributed by atoms with Crippen LogP contribution in [0.2, 0.25) is 0 Å². The number of likely N-dealkylation sites (tertiary alicyclic amines) is 1. The number of nitrogens with one attached hydrogen (secondary N) is 1. The van der Waals surface area contributed by atoms with Crippen molar-refractivity contribution >= 4 is 5.91 Å². The number of imidazole rings is 1. The van der Waals surface area contributed by atoms with Crippen LogP contribution in [0.15, 0.2) is 65.6 Å². The highest BCUT2D eigenvalue weighted by molar-refractivity contribution is 5.79. The number of aliphatic hydroxyl groups excluding tert-OH is 1. The lowest BCUT2D eigenvalue weighted by Crippen LogP contribution is -2.56. The summed E-state index contributed by atoms with van der Waals surface area (Å²) in [5, 5.41) is 16.9. The molecule has 9 heteroatoms. The third-order valence-electron chi connectivity index (χ3n) is 7.06. The van der Waals surface area contributed by atoms with Crippen molar-refractivity contribution in [3.8, 4) is 23.2 Å². The van der Waals surface area contributed by atoms with Crippen molar-refractivity contribution in [3.63, 3.8) is 0 Å². The first-order valence-electron chi connectivity index (χ1n) is 12.7. The molecule has 1 aromatic carbocycles. The van der Waals surface area contributed by atoms with Gasteiger partial charge in [0.15, 0.2) is 5.76 Å². The summed E-state index contributed by atoms with van der Waals surface area (Å²) in [6, 6.07) is 13.7. The molecule has 38 heavy (non-hydrogen) atoms. The number of nitrogens with zero attached hydrogens (tertiary/aromatic N) is 5. The quantitative estimate of drug-likeness (QED) is 0.386. The lowest BCUT2D eigenvalue weighted by atomic mass is 9.79. The van der Waals surface area contributed by atoms with E-state index >= 15 is 0 Å². The van der Waals surface area contributed by atoms with E-state index in [0.717, 1.165) is 54.3 Å². The maximum atomic E-state index is 11.5. The number of hydrogen-bond donors (Lipinski definition) is 2. The highest BCUT2D eigenvalue weighted by Crippen LogP contribution is 2.37. The van der Waals surface area contributed by atoms with Crippen molar-refractivity contribution in [1.82, 2.24) is 29.9 Å². The van der Waals surface area contributed by atoms with Crippen LogP contribution in [0.3, 0.4) is 0 Å². The van der Waals surface area contributed by atoms with Gasteiger partial charge in [0.2, 0.25) is 5.91 Å². The Morgan fingerprint density at radius 1 is 1.08 bits per heavy atom. The second-order valence-electron chi connectivity index (χ2n) is 10.2. The largest absolute Gasteiger partial charge is 0.385 e. The van der Waals surface area contributed by atoms with Gasteiger partial charge in [-0.2, -0.15) is 0 Å². The Morgan fingerprint density at radius 2 is 1.87 bits per heavy atom. The standard InChI is InChI=1S/C29H28N6O3/c1-20(36)28-30-10-11-35(28)16-25-12-26(38-33-25)23-7-4-21(5-8-23)2-3-22-6-9-24(31-14-22)15-34-18-29(19-34)13-27(37)32-17-29/h4-12,14,20,36H,13,15-19H2,1H3,(H,32,37)/t20-/m0/s1. The van der Waals surface area contributed by atoms with Crippen molar-refractivity contribution < 1.29 is 14.4 Å². The van der Waals surface area contributed by atoms with Gasteiger partial charge in [-0.1, -0.05) is 17.0 Å². The minimum absolute atomic E-state index is 0.136. The summed E-state index contributed by atoms with van der Waals surface area (Å²) in [4.78, 5) is 22.6. The molecular formula is C29H28N6O3. The van der Waals surface area contributed by atoms with Crippen LogP contribution in [0, 0.1) is 17.3 Å². The molecule has 9 nitrogen and oxygen atoms in total. The molecular weight excluding hydrogens is 480 g/mol. The molecule has 1 spiro atoms. The van der Waals surface area contributed by atoms with E-state index in [1.54, 1.807) is 13.1 Å². The van der Waals surface area contributed by atoms with E-state index in [1.165, 1.54) is 0 Å². The molecule has 6 rings (SSSR count). The molecule has 0 bridgehead atoms. The zero-order valence-electron chi connectivity index (χ0n) is 21.1. The zero-order chi connectivity index (χ0) is 26.1. The number of hydrogen-bond acceptors (Lipinski definition) is 7. The fourth-order valence-corrected chi connectivity index (χ4v) is 5.19. The maximum Gasteiger partial charge on any atom is 0.220 e. The summed E-state index contributed by atoms with van der Waals surface area (Å²) >= 11 is 0. The molecule has 2 fully saturated rings. The minimum Gasteiger partial charge on any atom is -0.385 e. The Labute approximate surface area is 220 Å². The van der Waals surface area contributed by atoms with Crippen LogP contribution in [0.4, 0.5) is 0 Å². The fourth-order valence-electron chi connectivity index (χ4n) is 5.19. The molecule has 0 saturated carbocycles. The monoisotopic (exact) mass is 508 g/mol. The van der Waals surface area contributed by atoms with Gasteiger partial charge in [0.05, 0.1) is 12.2 Å². The molecule has 2 saturated heterocycles. The first-order valence-corrected chi connectivity index (χ1v) is 12.7. The number of aliphatic hydroxyl groups is 1. The van der Waals surface area contributed by atoms with Crippen molar-refractivity contribution in [1.29, 1.82) is 0 Å². The first-order chi connectivity index (χ1) is 18.4. The van der Waals surface area contributed by atoms with E-state index in [9.17, 15) is 9.90 Å². The normalized spacial score (nSPS) is 17.1. The zero-order valence-corrected chi connectivity index (χ0v) is 21.1. The summed E-state index contributed by atoms with van der Waals surface area (Å²) in [7, 11) is 0. The van der Waals surface area contributed by atoms with Crippen LogP contribution in [0.1, 0.15) is 47.8 Å². The molecule has 0 radical (unpaired) electrons. The summed E-state index contributed by atoms with van der Waals surface area (Å²) in [6.07, 6.45) is 5.27. The second-order valence-corrected chi connectivity index (χ2v) is 10.2. The topological polar surface area (TPSA) is 109 Å². The summed E-state index contributed by atoms with van der Waals surface area (Å²) < 4.78 is 7.39. The molecule has 5 heterocycles. The Morgan fingerprint density at radius 3 is 2.58 bits per heavy atom. The molecule has 0 unspecified atom stereocenters. The summed E-state index contributed by atoms with van der Waals surface area (Å²) in [5.74, 6) is 7.80. The average molecular weight is 509 g/mol. The molecule has 2 N–H and O–H groups in total. The molecule has 2 aliphatic heterocycles.